The van der Waals surface area contributed by atoms with Crippen molar-refractivity contribution in [2.75, 3.05) is 43.6 Å². The van der Waals surface area contributed by atoms with Crippen LogP contribution < -0.4 is 21.1 Å². The summed E-state index contributed by atoms with van der Waals surface area (Å²) in [4.78, 5) is 30.3. The van der Waals surface area contributed by atoms with Gasteiger partial charge in [-0.05, 0) is 52.3 Å². The van der Waals surface area contributed by atoms with Gasteiger partial charge in [0.1, 0.15) is 24.5 Å². The minimum absolute atomic E-state index is 0.0143. The lowest BCUT2D eigenvalue weighted by Gasteiger charge is -2.13. The van der Waals surface area contributed by atoms with Gasteiger partial charge < -0.3 is 30.6 Å². The molecule has 15 heteroatoms. The average molecular weight is 611 g/mol. The van der Waals surface area contributed by atoms with Crippen LogP contribution in [0.2, 0.25) is 0 Å². The van der Waals surface area contributed by atoms with Gasteiger partial charge in [-0.1, -0.05) is 6.07 Å². The lowest BCUT2D eigenvalue weighted by molar-refractivity contribution is -0.112. The molecule has 0 spiro atoms. The Kier molecular flexibility index (Phi) is 10.6. The number of halogens is 2. The quantitative estimate of drug-likeness (QED) is 0.148. The van der Waals surface area contributed by atoms with Crippen LogP contribution in [-0.4, -0.2) is 63.6 Å². The zero-order chi connectivity index (χ0) is 27.5. The number of carbonyl (C=O) groups excluding carboxylic acids is 2. The van der Waals surface area contributed by atoms with E-state index in [-0.39, 0.29) is 60.9 Å². The maximum atomic E-state index is 14.1. The van der Waals surface area contributed by atoms with Crippen LogP contribution in [0.15, 0.2) is 58.0 Å². The Balaban J connectivity index is 1.61. The summed E-state index contributed by atoms with van der Waals surface area (Å²) in [6, 6.07) is 9.90. The third-order valence-electron chi connectivity index (χ3n) is 4.77. The number of benzene rings is 2. The van der Waals surface area contributed by atoms with Gasteiger partial charge in [-0.25, -0.2) is 22.5 Å². The molecule has 1 amide bonds. The number of ether oxygens (including phenoxy) is 2. The molecule has 0 atom stereocenters. The summed E-state index contributed by atoms with van der Waals surface area (Å²) >= 11 is 3.30. The van der Waals surface area contributed by atoms with Gasteiger partial charge in [0.25, 0.3) is 5.91 Å². The predicted molar refractivity (Wildman–Crippen MR) is 141 cm³/mol. The van der Waals surface area contributed by atoms with Gasteiger partial charge in [-0.15, -0.1) is 0 Å². The topological polar surface area (TPSA) is 175 Å². The fourth-order valence-corrected chi connectivity index (χ4v) is 4.35. The normalized spacial score (nSPS) is 11.2. The highest BCUT2D eigenvalue weighted by Crippen LogP contribution is 2.28. The number of nitrogens with one attached hydrogen (secondary N) is 3. The van der Waals surface area contributed by atoms with Gasteiger partial charge in [0.2, 0.25) is 16.0 Å². The van der Waals surface area contributed by atoms with E-state index < -0.39 is 21.7 Å². The zero-order valence-corrected chi connectivity index (χ0v) is 22.2. The third kappa shape index (κ3) is 8.26. The molecule has 0 saturated heterocycles. The van der Waals surface area contributed by atoms with Crippen molar-refractivity contribution in [3.05, 3.63) is 64.5 Å². The number of amides is 1. The monoisotopic (exact) mass is 610 g/mol. The molecule has 0 saturated carbocycles. The van der Waals surface area contributed by atoms with Crippen molar-refractivity contribution >= 4 is 61.3 Å². The molecule has 0 bridgehead atoms. The number of nitrogens with zero attached hydrogens (tertiary/aromatic N) is 2. The number of aldehydes is 1. The predicted octanol–water partition coefficient (Wildman–Crippen LogP) is 2.47. The molecule has 0 fully saturated rings. The van der Waals surface area contributed by atoms with E-state index in [4.69, 9.17) is 15.2 Å². The van der Waals surface area contributed by atoms with Crippen molar-refractivity contribution in [2.45, 2.75) is 4.90 Å². The van der Waals surface area contributed by atoms with Crippen molar-refractivity contribution < 1.29 is 31.9 Å². The Labute approximate surface area is 226 Å². The van der Waals surface area contributed by atoms with Crippen LogP contribution in [0.1, 0.15) is 10.4 Å². The number of anilines is 4. The Morgan fingerprint density at radius 3 is 2.53 bits per heavy atom. The Morgan fingerprint density at radius 2 is 1.82 bits per heavy atom. The maximum absolute atomic E-state index is 14.1. The molecule has 3 rings (SSSR count). The second-order valence-corrected chi connectivity index (χ2v) is 10.1. The third-order valence-corrected chi connectivity index (χ3v) is 6.83. The van der Waals surface area contributed by atoms with Gasteiger partial charge in [0.05, 0.1) is 40.4 Å². The lowest BCUT2D eigenvalue weighted by atomic mass is 10.1. The number of primary amides is 1. The van der Waals surface area contributed by atoms with E-state index in [2.05, 4.69) is 41.3 Å². The van der Waals surface area contributed by atoms with E-state index in [1.165, 1.54) is 42.6 Å². The Hall–Kier alpha value is -3.50. The summed E-state index contributed by atoms with van der Waals surface area (Å²) in [6.07, 6.45) is 2.08. The molecular weight excluding hydrogens is 587 g/mol. The minimum atomic E-state index is -3.76. The molecular formula is C23H24BrFN6O6S. The standard InChI is InChI=1S/C23H24BrFN6O6S/c24-17-14-27-23(31-22(17)30-19-3-1-2-18(25)20(19)21(26)33)29-15-4-6-16(7-5-15)38(34,35)28-8-10-36-12-13-37-11-9-32/h1-7,9,14,28H,8,10-13H2,(H2,26,33)(H2,27,29,30,31). The molecule has 0 radical (unpaired) electrons. The van der Waals surface area contributed by atoms with E-state index in [9.17, 15) is 22.4 Å². The van der Waals surface area contributed by atoms with Gasteiger partial charge in [0, 0.05) is 18.4 Å². The zero-order valence-electron chi connectivity index (χ0n) is 19.8. The fraction of sp³-hybridized carbons (Fsp3) is 0.217. The van der Waals surface area contributed by atoms with Crippen LogP contribution >= 0.6 is 15.9 Å². The molecule has 1 aromatic heterocycles. The molecule has 0 aliphatic carbocycles. The maximum Gasteiger partial charge on any atom is 0.253 e. The number of nitrogens with two attached hydrogens (primary N) is 1. The Morgan fingerprint density at radius 1 is 1.08 bits per heavy atom. The number of hydrogen-bond donors (Lipinski definition) is 4. The number of rotatable bonds is 15. The molecule has 2 aromatic carbocycles. The molecule has 38 heavy (non-hydrogen) atoms. The SMILES string of the molecule is NC(=O)c1c(F)cccc1Nc1nc(Nc2ccc(S(=O)(=O)NCCOCCOCC=O)cc2)ncc1Br. The molecule has 1 heterocycles. The van der Waals surface area contributed by atoms with Crippen LogP contribution in [0, 0.1) is 5.82 Å². The number of sulfonamides is 1. The highest BCUT2D eigenvalue weighted by molar-refractivity contribution is 9.10. The van der Waals surface area contributed by atoms with E-state index in [0.717, 1.165) is 6.07 Å². The molecule has 0 aliphatic rings. The smallest absolute Gasteiger partial charge is 0.253 e. The summed E-state index contributed by atoms with van der Waals surface area (Å²) in [5, 5.41) is 5.81. The van der Waals surface area contributed by atoms with E-state index in [1.54, 1.807) is 0 Å². The van der Waals surface area contributed by atoms with Crippen LogP contribution in [0.5, 0.6) is 0 Å². The van der Waals surface area contributed by atoms with Crippen molar-refractivity contribution in [2.24, 2.45) is 5.73 Å². The highest BCUT2D eigenvalue weighted by Gasteiger charge is 2.16. The number of carbonyl (C=O) groups is 2. The lowest BCUT2D eigenvalue weighted by Crippen LogP contribution is -2.27. The Bertz CT molecular complexity index is 1380. The van der Waals surface area contributed by atoms with E-state index >= 15 is 0 Å². The summed E-state index contributed by atoms with van der Waals surface area (Å²) in [5.41, 5.74) is 5.61. The first kappa shape index (κ1) is 29.1. The van der Waals surface area contributed by atoms with Crippen molar-refractivity contribution in [1.82, 2.24) is 14.7 Å². The van der Waals surface area contributed by atoms with Crippen LogP contribution in [-0.2, 0) is 24.3 Å². The first-order valence-electron chi connectivity index (χ1n) is 11.0. The number of hydrogen-bond acceptors (Lipinski definition) is 10. The summed E-state index contributed by atoms with van der Waals surface area (Å²) in [7, 11) is -3.76. The van der Waals surface area contributed by atoms with Crippen molar-refractivity contribution in [3.63, 3.8) is 0 Å². The molecule has 3 aromatic rings. The molecule has 202 valence electrons. The van der Waals surface area contributed by atoms with Gasteiger partial charge in [-0.3, -0.25) is 4.79 Å². The highest BCUT2D eigenvalue weighted by atomic mass is 79.9. The minimum Gasteiger partial charge on any atom is -0.378 e. The van der Waals surface area contributed by atoms with Crippen molar-refractivity contribution in [3.8, 4) is 0 Å². The summed E-state index contributed by atoms with van der Waals surface area (Å²) in [6.45, 7) is 0.649. The van der Waals surface area contributed by atoms with Crippen molar-refractivity contribution in [1.29, 1.82) is 0 Å². The largest absolute Gasteiger partial charge is 0.378 e. The second-order valence-electron chi connectivity index (χ2n) is 7.44. The van der Waals surface area contributed by atoms with Gasteiger partial charge in [0.15, 0.2) is 0 Å². The molecule has 12 nitrogen and oxygen atoms in total. The summed E-state index contributed by atoms with van der Waals surface area (Å²) < 4.78 is 52.1. The first-order chi connectivity index (χ1) is 18.2. The van der Waals surface area contributed by atoms with E-state index in [1.807, 2.05) is 0 Å². The molecule has 0 aliphatic heterocycles. The fourth-order valence-electron chi connectivity index (χ4n) is 3.05. The first-order valence-corrected chi connectivity index (χ1v) is 13.3. The van der Waals surface area contributed by atoms with Crippen LogP contribution in [0.25, 0.3) is 0 Å². The number of aromatic nitrogens is 2. The van der Waals surface area contributed by atoms with E-state index in [0.29, 0.717) is 16.4 Å². The molecule has 0 unspecified atom stereocenters. The second kappa shape index (κ2) is 13.9. The average Bonchev–Trinajstić information content (AvgIpc) is 2.88. The molecule has 5 N–H and O–H groups in total. The van der Waals surface area contributed by atoms with Crippen LogP contribution in [0.4, 0.5) is 27.5 Å². The summed E-state index contributed by atoms with van der Waals surface area (Å²) in [5.74, 6) is -1.33. The van der Waals surface area contributed by atoms with Crippen LogP contribution in [0.3, 0.4) is 0 Å². The van der Waals surface area contributed by atoms with Gasteiger partial charge in [-0.2, -0.15) is 4.98 Å². The van der Waals surface area contributed by atoms with Gasteiger partial charge >= 0.3 is 0 Å².